The van der Waals surface area contributed by atoms with E-state index in [9.17, 15) is 9.59 Å². The lowest BCUT2D eigenvalue weighted by Crippen LogP contribution is -2.23. The second-order valence-corrected chi connectivity index (χ2v) is 3.55. The Kier molecular flexibility index (Phi) is 4.67. The fourth-order valence-electron chi connectivity index (χ4n) is 1.39. The predicted octanol–water partition coefficient (Wildman–Crippen LogP) is 0.722. The summed E-state index contributed by atoms with van der Waals surface area (Å²) in [6.07, 6.45) is -2.18. The van der Waals surface area contributed by atoms with Crippen molar-refractivity contribution in [3.63, 3.8) is 0 Å². The maximum atomic E-state index is 11.7. The number of carbonyl (C=O) groups is 2. The molecule has 0 spiro atoms. The largest absolute Gasteiger partial charge is 0.493 e. The number of aliphatic hydroxyl groups excluding tert-OH is 1. The normalized spacial score (nSPS) is 11.7. The van der Waals surface area contributed by atoms with Crippen LogP contribution in [-0.2, 0) is 4.79 Å². The predicted molar refractivity (Wildman–Crippen MR) is 62.1 cm³/mol. The summed E-state index contributed by atoms with van der Waals surface area (Å²) >= 11 is 0. The van der Waals surface area contributed by atoms with Crippen LogP contribution in [0, 0.1) is 0 Å². The Labute approximate surface area is 104 Å². The molecule has 0 heterocycles. The number of Topliss-reactive ketones (excluding diaryl/α,β-unsaturated/α-hetero) is 1. The molecule has 1 unspecified atom stereocenters. The third-order valence-corrected chi connectivity index (χ3v) is 2.37. The number of carbonyl (C=O) groups excluding carboxylic acids is 1. The second-order valence-electron chi connectivity index (χ2n) is 3.55. The van der Waals surface area contributed by atoms with Gasteiger partial charge in [0.15, 0.2) is 23.4 Å². The first kappa shape index (κ1) is 14.0. The highest BCUT2D eigenvalue weighted by molar-refractivity contribution is 5.98. The summed E-state index contributed by atoms with van der Waals surface area (Å²) in [7, 11) is 2.89. The molecule has 1 aromatic carbocycles. The van der Waals surface area contributed by atoms with Gasteiger partial charge in [-0.05, 0) is 18.2 Å². The summed E-state index contributed by atoms with van der Waals surface area (Å²) in [6, 6.07) is 4.47. The molecule has 0 aliphatic rings. The number of ether oxygens (including phenoxy) is 2. The van der Waals surface area contributed by atoms with E-state index in [4.69, 9.17) is 19.7 Å². The van der Waals surface area contributed by atoms with E-state index in [1.807, 2.05) is 0 Å². The summed E-state index contributed by atoms with van der Waals surface area (Å²) in [5.41, 5.74) is 0.257. The fraction of sp³-hybridized carbons (Fsp3) is 0.333. The number of ketones is 1. The zero-order valence-electron chi connectivity index (χ0n) is 10.0. The van der Waals surface area contributed by atoms with Crippen LogP contribution in [0.4, 0.5) is 0 Å². The topological polar surface area (TPSA) is 93.1 Å². The average molecular weight is 254 g/mol. The highest BCUT2D eigenvalue weighted by atomic mass is 16.5. The SMILES string of the molecule is COc1ccc(C(=O)CC(O)C(=O)O)cc1OC. The van der Waals surface area contributed by atoms with Gasteiger partial charge in [-0.2, -0.15) is 0 Å². The molecule has 98 valence electrons. The number of carboxylic acids is 1. The van der Waals surface area contributed by atoms with Gasteiger partial charge in [-0.25, -0.2) is 4.79 Å². The van der Waals surface area contributed by atoms with Gasteiger partial charge in [0.05, 0.1) is 14.2 Å². The van der Waals surface area contributed by atoms with E-state index in [0.29, 0.717) is 11.5 Å². The van der Waals surface area contributed by atoms with Crippen molar-refractivity contribution in [3.05, 3.63) is 23.8 Å². The van der Waals surface area contributed by atoms with Crippen LogP contribution in [-0.4, -0.2) is 42.3 Å². The van der Waals surface area contributed by atoms with Gasteiger partial charge in [-0.1, -0.05) is 0 Å². The third-order valence-electron chi connectivity index (χ3n) is 2.37. The first-order valence-corrected chi connectivity index (χ1v) is 5.15. The Bertz CT molecular complexity index is 454. The summed E-state index contributed by atoms with van der Waals surface area (Å²) in [5.74, 6) is -1.07. The molecule has 0 amide bonds. The van der Waals surface area contributed by atoms with Crippen LogP contribution in [0.1, 0.15) is 16.8 Å². The minimum Gasteiger partial charge on any atom is -0.493 e. The zero-order valence-corrected chi connectivity index (χ0v) is 10.0. The van der Waals surface area contributed by atoms with Crippen LogP contribution >= 0.6 is 0 Å². The molecular weight excluding hydrogens is 240 g/mol. The Balaban J connectivity index is 2.90. The number of hydrogen-bond donors (Lipinski definition) is 2. The molecule has 1 rings (SSSR count). The Hall–Kier alpha value is -2.08. The van der Waals surface area contributed by atoms with Gasteiger partial charge in [0, 0.05) is 12.0 Å². The van der Waals surface area contributed by atoms with E-state index in [0.717, 1.165) is 0 Å². The lowest BCUT2D eigenvalue weighted by molar-refractivity contribution is -0.146. The van der Waals surface area contributed by atoms with Crippen LogP contribution in [0.5, 0.6) is 11.5 Å². The van der Waals surface area contributed by atoms with E-state index < -0.39 is 24.3 Å². The summed E-state index contributed by atoms with van der Waals surface area (Å²) in [6.45, 7) is 0. The molecule has 0 aliphatic carbocycles. The molecule has 0 aliphatic heterocycles. The van der Waals surface area contributed by atoms with Crippen molar-refractivity contribution in [3.8, 4) is 11.5 Å². The van der Waals surface area contributed by atoms with E-state index in [1.54, 1.807) is 6.07 Å². The van der Waals surface area contributed by atoms with E-state index >= 15 is 0 Å². The van der Waals surface area contributed by atoms with Gasteiger partial charge < -0.3 is 19.7 Å². The molecule has 6 heteroatoms. The number of rotatable bonds is 6. The number of aliphatic hydroxyl groups is 1. The van der Waals surface area contributed by atoms with Crippen molar-refractivity contribution in [1.29, 1.82) is 0 Å². The molecule has 0 saturated carbocycles. The Morgan fingerprint density at radius 1 is 1.22 bits per heavy atom. The standard InChI is InChI=1S/C12H14O6/c1-17-10-4-3-7(5-11(10)18-2)8(13)6-9(14)12(15)16/h3-5,9,14H,6H2,1-2H3,(H,15,16). The first-order valence-electron chi connectivity index (χ1n) is 5.15. The van der Waals surface area contributed by atoms with Crippen molar-refractivity contribution in [1.82, 2.24) is 0 Å². The van der Waals surface area contributed by atoms with E-state index in [-0.39, 0.29) is 5.56 Å². The number of methoxy groups -OCH3 is 2. The van der Waals surface area contributed by atoms with Crippen molar-refractivity contribution in [2.75, 3.05) is 14.2 Å². The zero-order chi connectivity index (χ0) is 13.7. The minimum atomic E-state index is -1.70. The molecular formula is C12H14O6. The molecule has 0 aromatic heterocycles. The molecule has 0 fully saturated rings. The summed E-state index contributed by atoms with van der Waals surface area (Å²) in [4.78, 5) is 22.2. The highest BCUT2D eigenvalue weighted by Crippen LogP contribution is 2.28. The molecule has 6 nitrogen and oxygen atoms in total. The second kappa shape index (κ2) is 6.02. The van der Waals surface area contributed by atoms with Crippen molar-refractivity contribution in [2.24, 2.45) is 0 Å². The molecule has 0 saturated heterocycles. The van der Waals surface area contributed by atoms with Crippen molar-refractivity contribution < 1.29 is 29.3 Å². The van der Waals surface area contributed by atoms with Crippen LogP contribution in [0.2, 0.25) is 0 Å². The van der Waals surface area contributed by atoms with Gasteiger partial charge in [0.1, 0.15) is 0 Å². The van der Waals surface area contributed by atoms with Crippen LogP contribution in [0.3, 0.4) is 0 Å². The Morgan fingerprint density at radius 3 is 2.33 bits per heavy atom. The van der Waals surface area contributed by atoms with Crippen LogP contribution in [0.15, 0.2) is 18.2 Å². The van der Waals surface area contributed by atoms with Gasteiger partial charge in [0.2, 0.25) is 0 Å². The van der Waals surface area contributed by atoms with Gasteiger partial charge in [0.25, 0.3) is 0 Å². The number of benzene rings is 1. The third kappa shape index (κ3) is 3.21. The molecule has 0 bridgehead atoms. The molecule has 0 radical (unpaired) electrons. The highest BCUT2D eigenvalue weighted by Gasteiger charge is 2.19. The lowest BCUT2D eigenvalue weighted by Gasteiger charge is -2.09. The van der Waals surface area contributed by atoms with Crippen molar-refractivity contribution >= 4 is 11.8 Å². The number of carboxylic acid groups (broad SMARTS) is 1. The molecule has 1 aromatic rings. The first-order chi connectivity index (χ1) is 8.49. The van der Waals surface area contributed by atoms with Crippen LogP contribution in [0.25, 0.3) is 0 Å². The Morgan fingerprint density at radius 2 is 1.83 bits per heavy atom. The molecule has 1 atom stereocenters. The van der Waals surface area contributed by atoms with Gasteiger partial charge in [-0.3, -0.25) is 4.79 Å². The van der Waals surface area contributed by atoms with E-state index in [2.05, 4.69) is 0 Å². The van der Waals surface area contributed by atoms with Crippen LogP contribution < -0.4 is 9.47 Å². The molecule has 18 heavy (non-hydrogen) atoms. The quantitative estimate of drug-likeness (QED) is 0.727. The van der Waals surface area contributed by atoms with Gasteiger partial charge >= 0.3 is 5.97 Å². The average Bonchev–Trinajstić information content (AvgIpc) is 2.37. The maximum Gasteiger partial charge on any atom is 0.332 e. The van der Waals surface area contributed by atoms with E-state index in [1.165, 1.54) is 26.4 Å². The summed E-state index contributed by atoms with van der Waals surface area (Å²) in [5, 5.41) is 17.6. The fourth-order valence-corrected chi connectivity index (χ4v) is 1.39. The number of aliphatic carboxylic acids is 1. The lowest BCUT2D eigenvalue weighted by atomic mass is 10.0. The smallest absolute Gasteiger partial charge is 0.332 e. The maximum absolute atomic E-state index is 11.7. The van der Waals surface area contributed by atoms with Crippen molar-refractivity contribution in [2.45, 2.75) is 12.5 Å². The minimum absolute atomic E-state index is 0.257. The molecule has 2 N–H and O–H groups in total. The summed E-state index contributed by atoms with van der Waals surface area (Å²) < 4.78 is 10.0. The number of hydrogen-bond acceptors (Lipinski definition) is 5. The monoisotopic (exact) mass is 254 g/mol. The van der Waals surface area contributed by atoms with Gasteiger partial charge in [-0.15, -0.1) is 0 Å².